The fourth-order valence-corrected chi connectivity index (χ4v) is 6.40. The van der Waals surface area contributed by atoms with Crippen LogP contribution in [0.5, 0.6) is 0 Å². The quantitative estimate of drug-likeness (QED) is 0.497. The Kier molecular flexibility index (Phi) is 8.46. The van der Waals surface area contributed by atoms with E-state index in [4.69, 9.17) is 9.57 Å². The SMILES string of the molecule is CCOC(=O)C1(C2CCCCC2)CCN(C(=O)C2CCN(OC(=O)C(F)(F)F)C2c2ccccc2)CC1. The Morgan fingerprint density at radius 3 is 2.22 bits per heavy atom. The predicted octanol–water partition coefficient (Wildman–Crippen LogP) is 4.82. The van der Waals surface area contributed by atoms with Crippen molar-refractivity contribution in [3.8, 4) is 0 Å². The summed E-state index contributed by atoms with van der Waals surface area (Å²) in [6.07, 6.45) is 1.43. The monoisotopic (exact) mass is 524 g/mol. The lowest BCUT2D eigenvalue weighted by molar-refractivity contribution is -0.243. The zero-order chi connectivity index (χ0) is 26.6. The van der Waals surface area contributed by atoms with Gasteiger partial charge in [0.25, 0.3) is 0 Å². The standard InChI is InChI=1S/C27H35F3N2O5/c1-2-36-24(34)26(20-11-7-4-8-12-20)14-17-31(18-15-26)23(33)21-13-16-32(37-25(35)27(28,29)30)22(21)19-9-5-3-6-10-19/h3,5-6,9-10,20-22H,2,4,7-8,11-18H2,1H3. The van der Waals surface area contributed by atoms with Gasteiger partial charge in [0.15, 0.2) is 0 Å². The molecule has 0 spiro atoms. The molecular weight excluding hydrogens is 489 g/mol. The van der Waals surface area contributed by atoms with Crippen LogP contribution in [0, 0.1) is 17.3 Å². The highest BCUT2D eigenvalue weighted by Crippen LogP contribution is 2.48. The lowest BCUT2D eigenvalue weighted by Crippen LogP contribution is -2.52. The van der Waals surface area contributed by atoms with Crippen molar-refractivity contribution in [1.82, 2.24) is 9.96 Å². The molecule has 2 aliphatic heterocycles. The average molecular weight is 525 g/mol. The van der Waals surface area contributed by atoms with Crippen molar-refractivity contribution in [3.05, 3.63) is 35.9 Å². The largest absolute Gasteiger partial charge is 0.492 e. The number of carbonyl (C=O) groups excluding carboxylic acids is 3. The summed E-state index contributed by atoms with van der Waals surface area (Å²) in [5.74, 6) is -3.11. The number of amides is 1. The Morgan fingerprint density at radius 1 is 0.973 bits per heavy atom. The zero-order valence-corrected chi connectivity index (χ0v) is 21.2. The first-order valence-electron chi connectivity index (χ1n) is 13.2. The second kappa shape index (κ2) is 11.4. The van der Waals surface area contributed by atoms with Gasteiger partial charge in [-0.25, -0.2) is 4.79 Å². The normalized spacial score (nSPS) is 25.0. The number of nitrogens with zero attached hydrogens (tertiary/aromatic N) is 2. The fraction of sp³-hybridized carbons (Fsp3) is 0.667. The molecule has 0 aromatic heterocycles. The smallest absolute Gasteiger partial charge is 0.466 e. The lowest BCUT2D eigenvalue weighted by Gasteiger charge is -2.46. The number of hydroxylamine groups is 2. The second-order valence-electron chi connectivity index (χ2n) is 10.3. The van der Waals surface area contributed by atoms with Crippen LogP contribution >= 0.6 is 0 Å². The minimum Gasteiger partial charge on any atom is -0.466 e. The summed E-state index contributed by atoms with van der Waals surface area (Å²) in [4.78, 5) is 44.9. The van der Waals surface area contributed by atoms with Crippen LogP contribution in [0.25, 0.3) is 0 Å². The van der Waals surface area contributed by atoms with Gasteiger partial charge in [0.1, 0.15) is 0 Å². The first kappa shape index (κ1) is 27.4. The van der Waals surface area contributed by atoms with E-state index in [0.29, 0.717) is 38.1 Å². The van der Waals surface area contributed by atoms with Crippen LogP contribution in [-0.2, 0) is 24.0 Å². The van der Waals surface area contributed by atoms with Crippen molar-refractivity contribution in [2.75, 3.05) is 26.2 Å². The van der Waals surface area contributed by atoms with Crippen molar-refractivity contribution >= 4 is 17.8 Å². The van der Waals surface area contributed by atoms with Gasteiger partial charge < -0.3 is 14.5 Å². The average Bonchev–Trinajstić information content (AvgIpc) is 3.32. The summed E-state index contributed by atoms with van der Waals surface area (Å²) < 4.78 is 44.2. The number of likely N-dealkylation sites (tertiary alicyclic amines) is 1. The number of carbonyl (C=O) groups is 3. The minimum absolute atomic E-state index is 0.0144. The van der Waals surface area contributed by atoms with Gasteiger partial charge in [0.2, 0.25) is 5.91 Å². The lowest BCUT2D eigenvalue weighted by atomic mass is 9.63. The highest BCUT2D eigenvalue weighted by atomic mass is 19.4. The van der Waals surface area contributed by atoms with Crippen molar-refractivity contribution < 1.29 is 37.1 Å². The first-order chi connectivity index (χ1) is 17.7. The van der Waals surface area contributed by atoms with Gasteiger partial charge in [0, 0.05) is 19.6 Å². The Bertz CT molecular complexity index is 957. The summed E-state index contributed by atoms with van der Waals surface area (Å²) in [5, 5.41) is 0.989. The maximum absolute atomic E-state index is 13.7. The summed E-state index contributed by atoms with van der Waals surface area (Å²) in [5.41, 5.74) is 0.00381. The van der Waals surface area contributed by atoms with Gasteiger partial charge in [-0.05, 0) is 50.5 Å². The number of halogens is 3. The molecule has 0 bridgehead atoms. The number of ether oxygens (including phenoxy) is 1. The van der Waals surface area contributed by atoms with E-state index in [9.17, 15) is 27.6 Å². The zero-order valence-electron chi connectivity index (χ0n) is 21.2. The van der Waals surface area contributed by atoms with Crippen LogP contribution in [0.1, 0.15) is 69.9 Å². The predicted molar refractivity (Wildman–Crippen MR) is 128 cm³/mol. The van der Waals surface area contributed by atoms with Gasteiger partial charge in [-0.1, -0.05) is 49.6 Å². The van der Waals surface area contributed by atoms with E-state index in [0.717, 1.165) is 37.2 Å². The molecule has 0 radical (unpaired) electrons. The van der Waals surface area contributed by atoms with Crippen LogP contribution in [0.4, 0.5) is 13.2 Å². The Balaban J connectivity index is 1.51. The number of hydrogen-bond donors (Lipinski definition) is 0. The molecular formula is C27H35F3N2O5. The molecule has 7 nitrogen and oxygen atoms in total. The van der Waals surface area contributed by atoms with Gasteiger partial charge in [-0.3, -0.25) is 9.59 Å². The Hall–Kier alpha value is -2.62. The van der Waals surface area contributed by atoms with Gasteiger partial charge >= 0.3 is 18.1 Å². The van der Waals surface area contributed by atoms with Gasteiger partial charge in [-0.15, -0.1) is 5.06 Å². The van der Waals surface area contributed by atoms with Crippen molar-refractivity contribution in [2.45, 2.75) is 70.5 Å². The highest BCUT2D eigenvalue weighted by molar-refractivity contribution is 5.82. The molecule has 204 valence electrons. The van der Waals surface area contributed by atoms with Crippen molar-refractivity contribution in [1.29, 1.82) is 0 Å². The highest BCUT2D eigenvalue weighted by Gasteiger charge is 2.52. The van der Waals surface area contributed by atoms with Crippen LogP contribution in [0.2, 0.25) is 0 Å². The van der Waals surface area contributed by atoms with Crippen molar-refractivity contribution in [3.63, 3.8) is 0 Å². The van der Waals surface area contributed by atoms with Crippen LogP contribution in [-0.4, -0.2) is 60.2 Å². The second-order valence-corrected chi connectivity index (χ2v) is 10.3. The number of esters is 1. The van der Waals surface area contributed by atoms with Gasteiger partial charge in [-0.2, -0.15) is 13.2 Å². The molecule has 1 amide bonds. The van der Waals surface area contributed by atoms with Crippen molar-refractivity contribution in [2.24, 2.45) is 17.3 Å². The Labute approximate surface area is 215 Å². The maximum Gasteiger partial charge on any atom is 0.492 e. The van der Waals surface area contributed by atoms with Crippen LogP contribution in [0.15, 0.2) is 30.3 Å². The number of piperidine rings is 1. The molecule has 37 heavy (non-hydrogen) atoms. The van der Waals surface area contributed by atoms with E-state index in [1.807, 2.05) is 0 Å². The summed E-state index contributed by atoms with van der Waals surface area (Å²) in [6.45, 7) is 2.89. The third-order valence-corrected chi connectivity index (χ3v) is 8.28. The van der Waals surface area contributed by atoms with E-state index in [2.05, 4.69) is 0 Å². The van der Waals surface area contributed by atoms with E-state index in [-0.39, 0.29) is 30.8 Å². The topological polar surface area (TPSA) is 76.2 Å². The van der Waals surface area contributed by atoms with Crippen LogP contribution in [0.3, 0.4) is 0 Å². The summed E-state index contributed by atoms with van der Waals surface area (Å²) >= 11 is 0. The molecule has 3 fully saturated rings. The minimum atomic E-state index is -5.13. The molecule has 1 aromatic rings. The number of alkyl halides is 3. The third-order valence-electron chi connectivity index (χ3n) is 8.28. The molecule has 1 saturated carbocycles. The summed E-state index contributed by atoms with van der Waals surface area (Å²) in [7, 11) is 0. The molecule has 2 unspecified atom stereocenters. The maximum atomic E-state index is 13.7. The number of hydrogen-bond acceptors (Lipinski definition) is 6. The van der Waals surface area contributed by atoms with E-state index >= 15 is 0 Å². The van der Waals surface area contributed by atoms with E-state index < -0.39 is 29.5 Å². The molecule has 2 saturated heterocycles. The summed E-state index contributed by atoms with van der Waals surface area (Å²) in [6, 6.07) is 7.85. The number of rotatable bonds is 6. The number of benzene rings is 1. The molecule has 2 atom stereocenters. The van der Waals surface area contributed by atoms with Gasteiger partial charge in [0.05, 0.1) is 24.0 Å². The molecule has 3 aliphatic rings. The third kappa shape index (κ3) is 5.78. The molecule has 4 rings (SSSR count). The molecule has 1 aliphatic carbocycles. The Morgan fingerprint density at radius 2 is 1.62 bits per heavy atom. The van der Waals surface area contributed by atoms with E-state index in [1.165, 1.54) is 0 Å². The molecule has 1 aromatic carbocycles. The fourth-order valence-electron chi connectivity index (χ4n) is 6.40. The first-order valence-corrected chi connectivity index (χ1v) is 13.2. The molecule has 0 N–H and O–H groups in total. The van der Waals surface area contributed by atoms with Crippen LogP contribution < -0.4 is 0 Å². The molecule has 2 heterocycles. The van der Waals surface area contributed by atoms with E-state index in [1.54, 1.807) is 42.2 Å². The molecule has 10 heteroatoms.